The van der Waals surface area contributed by atoms with Gasteiger partial charge in [0.25, 0.3) is 0 Å². The van der Waals surface area contributed by atoms with E-state index in [2.05, 4.69) is 5.10 Å². The molecule has 8 heteroatoms. The first-order chi connectivity index (χ1) is 14.4. The van der Waals surface area contributed by atoms with Crippen LogP contribution in [0, 0.1) is 12.8 Å². The second-order valence-corrected chi connectivity index (χ2v) is 7.77. The molecule has 0 bridgehead atoms. The van der Waals surface area contributed by atoms with Crippen LogP contribution in [-0.4, -0.2) is 52.9 Å². The fourth-order valence-corrected chi connectivity index (χ4v) is 3.62. The second-order valence-electron chi connectivity index (χ2n) is 7.77. The third-order valence-corrected chi connectivity index (χ3v) is 5.64. The van der Waals surface area contributed by atoms with E-state index in [4.69, 9.17) is 19.3 Å². The SMILES string of the molecule is COc1cc(C(O)C(Cc2ccn(CC(=O)O)n2)OCC2CCC2)cc(OC)c1C. The van der Waals surface area contributed by atoms with E-state index in [1.165, 1.54) is 11.1 Å². The van der Waals surface area contributed by atoms with Crippen LogP contribution in [0.1, 0.15) is 42.2 Å². The second kappa shape index (κ2) is 9.95. The molecule has 30 heavy (non-hydrogen) atoms. The van der Waals surface area contributed by atoms with Gasteiger partial charge in [-0.3, -0.25) is 9.48 Å². The van der Waals surface area contributed by atoms with Crippen molar-refractivity contribution in [2.75, 3.05) is 20.8 Å². The van der Waals surface area contributed by atoms with Gasteiger partial charge in [-0.05, 0) is 49.4 Å². The van der Waals surface area contributed by atoms with E-state index in [0.29, 0.717) is 41.7 Å². The fourth-order valence-electron chi connectivity index (χ4n) is 3.62. The molecule has 3 rings (SSSR count). The summed E-state index contributed by atoms with van der Waals surface area (Å²) in [6.07, 6.45) is 4.03. The molecule has 1 aromatic carbocycles. The van der Waals surface area contributed by atoms with E-state index < -0.39 is 18.2 Å². The van der Waals surface area contributed by atoms with E-state index in [-0.39, 0.29) is 6.54 Å². The van der Waals surface area contributed by atoms with Crippen molar-refractivity contribution in [2.45, 2.75) is 51.4 Å². The molecule has 1 aromatic heterocycles. The number of rotatable bonds is 11. The lowest BCUT2D eigenvalue weighted by Gasteiger charge is -2.30. The predicted molar refractivity (Wildman–Crippen MR) is 110 cm³/mol. The van der Waals surface area contributed by atoms with Crippen LogP contribution >= 0.6 is 0 Å². The predicted octanol–water partition coefficient (Wildman–Crippen LogP) is 2.75. The number of hydrogen-bond donors (Lipinski definition) is 2. The van der Waals surface area contributed by atoms with Gasteiger partial charge in [-0.15, -0.1) is 0 Å². The average Bonchev–Trinajstić information content (AvgIpc) is 3.11. The number of aliphatic carboxylic acids is 1. The van der Waals surface area contributed by atoms with Gasteiger partial charge in [-0.2, -0.15) is 5.10 Å². The van der Waals surface area contributed by atoms with Crippen LogP contribution in [-0.2, 0) is 22.5 Å². The van der Waals surface area contributed by atoms with Crippen molar-refractivity contribution in [3.8, 4) is 11.5 Å². The van der Waals surface area contributed by atoms with Gasteiger partial charge in [-0.1, -0.05) is 6.42 Å². The quantitative estimate of drug-likeness (QED) is 0.578. The van der Waals surface area contributed by atoms with E-state index >= 15 is 0 Å². The molecule has 2 N–H and O–H groups in total. The Morgan fingerprint density at radius 1 is 1.27 bits per heavy atom. The van der Waals surface area contributed by atoms with Crippen LogP contribution < -0.4 is 9.47 Å². The van der Waals surface area contributed by atoms with E-state index in [0.717, 1.165) is 18.4 Å². The zero-order valence-corrected chi connectivity index (χ0v) is 17.7. The summed E-state index contributed by atoms with van der Waals surface area (Å²) >= 11 is 0. The highest BCUT2D eigenvalue weighted by Gasteiger charge is 2.27. The van der Waals surface area contributed by atoms with Gasteiger partial charge in [-0.25, -0.2) is 0 Å². The molecule has 0 spiro atoms. The maximum atomic E-state index is 11.2. The van der Waals surface area contributed by atoms with Gasteiger partial charge >= 0.3 is 5.97 Å². The third-order valence-electron chi connectivity index (χ3n) is 5.64. The number of carboxylic acid groups (broad SMARTS) is 1. The first-order valence-corrected chi connectivity index (χ1v) is 10.2. The first-order valence-electron chi connectivity index (χ1n) is 10.2. The van der Waals surface area contributed by atoms with Crippen LogP contribution in [0.2, 0.25) is 0 Å². The lowest BCUT2D eigenvalue weighted by atomic mass is 9.86. The highest BCUT2D eigenvalue weighted by atomic mass is 16.5. The average molecular weight is 418 g/mol. The zero-order chi connectivity index (χ0) is 21.7. The van der Waals surface area contributed by atoms with Crippen LogP contribution in [0.3, 0.4) is 0 Å². The number of carbonyl (C=O) groups is 1. The minimum absolute atomic E-state index is 0.206. The van der Waals surface area contributed by atoms with Crippen LogP contribution in [0.15, 0.2) is 24.4 Å². The fraction of sp³-hybridized carbons (Fsp3) is 0.545. The highest BCUT2D eigenvalue weighted by Crippen LogP contribution is 2.35. The van der Waals surface area contributed by atoms with Crippen LogP contribution in [0.25, 0.3) is 0 Å². The Labute approximate surface area is 176 Å². The highest BCUT2D eigenvalue weighted by molar-refractivity contribution is 5.66. The Hall–Kier alpha value is -2.58. The lowest BCUT2D eigenvalue weighted by Crippen LogP contribution is -2.29. The number of nitrogens with zero attached hydrogens (tertiary/aromatic N) is 2. The molecule has 2 unspecified atom stereocenters. The number of benzene rings is 1. The Morgan fingerprint density at radius 2 is 1.93 bits per heavy atom. The maximum Gasteiger partial charge on any atom is 0.325 e. The molecular weight excluding hydrogens is 388 g/mol. The van der Waals surface area contributed by atoms with Crippen molar-refractivity contribution in [1.82, 2.24) is 9.78 Å². The molecule has 0 radical (unpaired) electrons. The maximum absolute atomic E-state index is 11.2. The number of carboxylic acids is 1. The molecule has 2 atom stereocenters. The molecule has 1 saturated carbocycles. The van der Waals surface area contributed by atoms with E-state index in [1.54, 1.807) is 38.6 Å². The van der Waals surface area contributed by atoms with Crippen molar-refractivity contribution in [2.24, 2.45) is 5.92 Å². The molecule has 8 nitrogen and oxygen atoms in total. The van der Waals surface area contributed by atoms with Crippen LogP contribution in [0.4, 0.5) is 0 Å². The largest absolute Gasteiger partial charge is 0.496 e. The molecule has 0 saturated heterocycles. The normalized spacial score (nSPS) is 16.0. The number of aliphatic hydroxyl groups is 1. The molecule has 1 aliphatic carbocycles. The van der Waals surface area contributed by atoms with Crippen molar-refractivity contribution in [3.63, 3.8) is 0 Å². The Kier molecular flexibility index (Phi) is 7.33. The van der Waals surface area contributed by atoms with Crippen molar-refractivity contribution in [1.29, 1.82) is 0 Å². The van der Waals surface area contributed by atoms with Crippen LogP contribution in [0.5, 0.6) is 11.5 Å². The number of aliphatic hydroxyl groups excluding tert-OH is 1. The molecule has 1 heterocycles. The molecule has 1 aliphatic rings. The summed E-state index contributed by atoms with van der Waals surface area (Å²) in [5, 5.41) is 24.4. The number of methoxy groups -OCH3 is 2. The monoisotopic (exact) mass is 418 g/mol. The number of ether oxygens (including phenoxy) is 3. The van der Waals surface area contributed by atoms with Gasteiger partial charge in [0.15, 0.2) is 0 Å². The zero-order valence-electron chi connectivity index (χ0n) is 17.7. The molecule has 1 fully saturated rings. The summed E-state index contributed by atoms with van der Waals surface area (Å²) in [5.74, 6) is 0.825. The summed E-state index contributed by atoms with van der Waals surface area (Å²) in [6.45, 7) is 2.27. The van der Waals surface area contributed by atoms with Crippen molar-refractivity contribution < 1.29 is 29.2 Å². The Bertz CT molecular complexity index is 836. The summed E-state index contributed by atoms with van der Waals surface area (Å²) in [6, 6.07) is 5.35. The summed E-state index contributed by atoms with van der Waals surface area (Å²) in [4.78, 5) is 10.9. The van der Waals surface area contributed by atoms with Crippen molar-refractivity contribution >= 4 is 5.97 Å². The summed E-state index contributed by atoms with van der Waals surface area (Å²) < 4.78 is 18.4. The van der Waals surface area contributed by atoms with Gasteiger partial charge < -0.3 is 24.4 Å². The Morgan fingerprint density at radius 3 is 2.47 bits per heavy atom. The topological polar surface area (TPSA) is 103 Å². The number of hydrogen-bond acceptors (Lipinski definition) is 6. The molecule has 164 valence electrons. The first kappa shape index (κ1) is 22.1. The van der Waals surface area contributed by atoms with Gasteiger partial charge in [0, 0.05) is 24.8 Å². The molecule has 0 aliphatic heterocycles. The molecular formula is C22H30N2O6. The standard InChI is InChI=1S/C22H30N2O6/c1-14-18(28-2)9-16(10-19(14)29-3)22(27)20(30-13-15-5-4-6-15)11-17-7-8-24(23-17)12-21(25)26/h7-10,15,20,22,27H,4-6,11-13H2,1-3H3,(H,25,26). The van der Waals surface area contributed by atoms with Crippen molar-refractivity contribution in [3.05, 3.63) is 41.2 Å². The minimum atomic E-state index is -0.957. The Balaban J connectivity index is 1.81. The minimum Gasteiger partial charge on any atom is -0.496 e. The van der Waals surface area contributed by atoms with Gasteiger partial charge in [0.05, 0.1) is 26.0 Å². The van der Waals surface area contributed by atoms with Gasteiger partial charge in [0.2, 0.25) is 0 Å². The van der Waals surface area contributed by atoms with E-state index in [9.17, 15) is 9.90 Å². The lowest BCUT2D eigenvalue weighted by molar-refractivity contribution is -0.137. The number of aromatic nitrogens is 2. The summed E-state index contributed by atoms with van der Waals surface area (Å²) in [5.41, 5.74) is 2.16. The van der Waals surface area contributed by atoms with Gasteiger partial charge in [0.1, 0.15) is 24.1 Å². The molecule has 0 amide bonds. The molecule has 2 aromatic rings. The summed E-state index contributed by atoms with van der Waals surface area (Å²) in [7, 11) is 3.16. The van der Waals surface area contributed by atoms with E-state index in [1.807, 2.05) is 6.92 Å². The third kappa shape index (κ3) is 5.31. The smallest absolute Gasteiger partial charge is 0.325 e.